The number of benzene rings is 1. The number of alkyl halides is 1. The summed E-state index contributed by atoms with van der Waals surface area (Å²) in [7, 11) is -3.86. The molecule has 3 nitrogen and oxygen atoms in total. The molecule has 118 valence electrons. The van der Waals surface area contributed by atoms with E-state index in [1.54, 1.807) is 0 Å². The Morgan fingerprint density at radius 3 is 2.38 bits per heavy atom. The van der Waals surface area contributed by atoms with E-state index >= 15 is 0 Å². The fourth-order valence-electron chi connectivity index (χ4n) is 2.72. The minimum absolute atomic E-state index is 0.115. The molecule has 0 unspecified atom stereocenters. The van der Waals surface area contributed by atoms with Crippen LogP contribution >= 0.6 is 11.6 Å². The topological polar surface area (TPSA) is 37.4 Å². The molecule has 2 rings (SSSR count). The first-order valence-electron chi connectivity index (χ1n) is 6.99. The fraction of sp³-hybridized carbons (Fsp3) is 0.571. The Hall–Kier alpha value is -0.720. The summed E-state index contributed by atoms with van der Waals surface area (Å²) < 4.78 is 53.0. The summed E-state index contributed by atoms with van der Waals surface area (Å²) in [5.74, 6) is -2.06. The van der Waals surface area contributed by atoms with E-state index in [0.717, 1.165) is 50.3 Å². The summed E-state index contributed by atoms with van der Waals surface area (Å²) in [5, 5.41) is 0. The normalized spacial score (nSPS) is 17.3. The van der Waals surface area contributed by atoms with Gasteiger partial charge in [0.15, 0.2) is 11.6 Å². The Kier molecular flexibility index (Phi) is 5.57. The van der Waals surface area contributed by atoms with Crippen molar-refractivity contribution in [2.24, 2.45) is 0 Å². The number of nitrogens with zero attached hydrogens (tertiary/aromatic N) is 1. The minimum Gasteiger partial charge on any atom is -0.207 e. The van der Waals surface area contributed by atoms with Crippen molar-refractivity contribution in [3.05, 3.63) is 29.8 Å². The lowest BCUT2D eigenvalue weighted by Crippen LogP contribution is -2.42. The molecular weight excluding hydrogens is 320 g/mol. The molecule has 1 aromatic carbocycles. The molecule has 0 aromatic heterocycles. The highest BCUT2D eigenvalue weighted by atomic mass is 35.5. The van der Waals surface area contributed by atoms with Crippen LogP contribution in [0.15, 0.2) is 23.1 Å². The molecule has 0 atom stereocenters. The van der Waals surface area contributed by atoms with Gasteiger partial charge in [0.25, 0.3) is 0 Å². The van der Waals surface area contributed by atoms with Crippen molar-refractivity contribution in [1.29, 1.82) is 0 Å². The average Bonchev–Trinajstić information content (AvgIpc) is 2.48. The quantitative estimate of drug-likeness (QED) is 0.771. The zero-order valence-electron chi connectivity index (χ0n) is 11.6. The van der Waals surface area contributed by atoms with Crippen molar-refractivity contribution >= 4 is 21.6 Å². The molecule has 0 spiro atoms. The number of halogens is 3. The van der Waals surface area contributed by atoms with Crippen molar-refractivity contribution < 1.29 is 17.2 Å². The molecule has 0 N–H and O–H groups in total. The Labute approximate surface area is 129 Å². The van der Waals surface area contributed by atoms with Crippen LogP contribution in [0.25, 0.3) is 0 Å². The van der Waals surface area contributed by atoms with Crippen LogP contribution in [0.5, 0.6) is 0 Å². The van der Waals surface area contributed by atoms with Gasteiger partial charge in [-0.05, 0) is 31.0 Å². The first kappa shape index (κ1) is 16.6. The minimum atomic E-state index is -3.86. The van der Waals surface area contributed by atoms with Crippen LogP contribution in [0.2, 0.25) is 0 Å². The number of sulfonamides is 1. The number of hydrogen-bond donors (Lipinski definition) is 0. The van der Waals surface area contributed by atoms with E-state index in [1.807, 2.05) is 0 Å². The van der Waals surface area contributed by atoms with Gasteiger partial charge in [-0.15, -0.1) is 11.6 Å². The van der Waals surface area contributed by atoms with Gasteiger partial charge in [-0.1, -0.05) is 19.3 Å². The summed E-state index contributed by atoms with van der Waals surface area (Å²) >= 11 is 5.73. The number of rotatable bonds is 5. The molecule has 0 saturated heterocycles. The molecule has 1 aliphatic carbocycles. The third-order valence-electron chi connectivity index (χ3n) is 3.78. The molecule has 0 heterocycles. The first-order chi connectivity index (χ1) is 9.96. The van der Waals surface area contributed by atoms with E-state index < -0.39 is 21.7 Å². The molecule has 7 heteroatoms. The lowest BCUT2D eigenvalue weighted by Gasteiger charge is -2.33. The van der Waals surface area contributed by atoms with Gasteiger partial charge in [0.2, 0.25) is 10.0 Å². The fourth-order valence-corrected chi connectivity index (χ4v) is 4.70. The third-order valence-corrected chi connectivity index (χ3v) is 5.90. The second-order valence-corrected chi connectivity index (χ2v) is 7.44. The Morgan fingerprint density at radius 2 is 1.81 bits per heavy atom. The van der Waals surface area contributed by atoms with Gasteiger partial charge in [0.05, 0.1) is 4.90 Å². The predicted octanol–water partition coefficient (Wildman–Crippen LogP) is 3.53. The summed E-state index contributed by atoms with van der Waals surface area (Å²) in [5.41, 5.74) is 0. The van der Waals surface area contributed by atoms with Gasteiger partial charge >= 0.3 is 0 Å². The van der Waals surface area contributed by atoms with Gasteiger partial charge in [-0.2, -0.15) is 4.31 Å². The molecule has 1 fully saturated rings. The number of hydrogen-bond acceptors (Lipinski definition) is 2. The van der Waals surface area contributed by atoms with Gasteiger partial charge in [0, 0.05) is 18.5 Å². The summed E-state index contributed by atoms with van der Waals surface area (Å²) in [4.78, 5) is -0.225. The van der Waals surface area contributed by atoms with Crippen LogP contribution in [0, 0.1) is 11.6 Å². The van der Waals surface area contributed by atoms with Crippen molar-refractivity contribution in [2.45, 2.75) is 43.0 Å². The molecule has 1 saturated carbocycles. The van der Waals surface area contributed by atoms with Crippen LogP contribution in [0.1, 0.15) is 32.1 Å². The van der Waals surface area contributed by atoms with Crippen LogP contribution in [0.3, 0.4) is 0 Å². The summed E-state index contributed by atoms with van der Waals surface area (Å²) in [6.07, 6.45) is 4.59. The van der Waals surface area contributed by atoms with Crippen LogP contribution in [-0.4, -0.2) is 31.2 Å². The van der Waals surface area contributed by atoms with Crippen LogP contribution in [0.4, 0.5) is 8.78 Å². The van der Waals surface area contributed by atoms with E-state index in [4.69, 9.17) is 11.6 Å². The van der Waals surface area contributed by atoms with Crippen molar-refractivity contribution in [3.8, 4) is 0 Å². The van der Waals surface area contributed by atoms with E-state index in [9.17, 15) is 17.2 Å². The molecule has 0 amide bonds. The molecule has 1 aromatic rings. The van der Waals surface area contributed by atoms with Crippen molar-refractivity contribution in [3.63, 3.8) is 0 Å². The highest BCUT2D eigenvalue weighted by molar-refractivity contribution is 7.89. The molecule has 0 aliphatic heterocycles. The van der Waals surface area contributed by atoms with Gasteiger partial charge in [0.1, 0.15) is 0 Å². The zero-order valence-corrected chi connectivity index (χ0v) is 13.1. The van der Waals surface area contributed by atoms with E-state index in [1.165, 1.54) is 4.31 Å². The molecule has 1 aliphatic rings. The Morgan fingerprint density at radius 1 is 1.14 bits per heavy atom. The third kappa shape index (κ3) is 3.73. The monoisotopic (exact) mass is 337 g/mol. The lowest BCUT2D eigenvalue weighted by molar-refractivity contribution is 0.262. The maximum absolute atomic E-state index is 13.3. The van der Waals surface area contributed by atoms with Gasteiger partial charge < -0.3 is 0 Å². The lowest BCUT2D eigenvalue weighted by atomic mass is 9.95. The van der Waals surface area contributed by atoms with Crippen molar-refractivity contribution in [2.75, 3.05) is 12.4 Å². The highest BCUT2D eigenvalue weighted by Gasteiger charge is 2.32. The van der Waals surface area contributed by atoms with Crippen LogP contribution < -0.4 is 0 Å². The zero-order chi connectivity index (χ0) is 15.5. The molecule has 0 radical (unpaired) electrons. The Balaban J connectivity index is 2.34. The SMILES string of the molecule is O=S(=O)(c1ccc(F)c(F)c1)N(CCCl)C1CCCCC1. The maximum Gasteiger partial charge on any atom is 0.243 e. The maximum atomic E-state index is 13.3. The molecule has 0 bridgehead atoms. The largest absolute Gasteiger partial charge is 0.243 e. The van der Waals surface area contributed by atoms with Gasteiger partial charge in [-0.3, -0.25) is 0 Å². The predicted molar refractivity (Wildman–Crippen MR) is 77.8 cm³/mol. The molecule has 21 heavy (non-hydrogen) atoms. The average molecular weight is 338 g/mol. The van der Waals surface area contributed by atoms with E-state index in [-0.39, 0.29) is 23.4 Å². The van der Waals surface area contributed by atoms with Gasteiger partial charge in [-0.25, -0.2) is 17.2 Å². The first-order valence-corrected chi connectivity index (χ1v) is 8.97. The molecular formula is C14H18ClF2NO2S. The van der Waals surface area contributed by atoms with Crippen LogP contribution in [-0.2, 0) is 10.0 Å². The second-order valence-electron chi connectivity index (χ2n) is 5.17. The Bertz CT molecular complexity index is 589. The van der Waals surface area contributed by atoms with Crippen molar-refractivity contribution in [1.82, 2.24) is 4.31 Å². The summed E-state index contributed by atoms with van der Waals surface area (Å²) in [6.45, 7) is 0.174. The summed E-state index contributed by atoms with van der Waals surface area (Å²) in [6, 6.07) is 2.55. The standard InChI is InChI=1S/C14H18ClF2NO2S/c15-8-9-18(11-4-2-1-3-5-11)21(19,20)12-6-7-13(16)14(17)10-12/h6-7,10-11H,1-5,8-9H2. The van der Waals surface area contributed by atoms with E-state index in [2.05, 4.69) is 0 Å². The smallest absolute Gasteiger partial charge is 0.207 e. The highest BCUT2D eigenvalue weighted by Crippen LogP contribution is 2.28. The van der Waals surface area contributed by atoms with E-state index in [0.29, 0.717) is 0 Å². The second kappa shape index (κ2) is 7.03.